The minimum absolute atomic E-state index is 0.0598. The molecule has 4 heteroatoms. The number of hydrogen-bond donors (Lipinski definition) is 0. The van der Waals surface area contributed by atoms with Gasteiger partial charge in [0.1, 0.15) is 0 Å². The van der Waals surface area contributed by atoms with E-state index >= 15 is 0 Å². The highest BCUT2D eigenvalue weighted by Gasteiger charge is 2.22. The zero-order chi connectivity index (χ0) is 13.8. The van der Waals surface area contributed by atoms with Gasteiger partial charge >= 0.3 is 0 Å². The van der Waals surface area contributed by atoms with Crippen molar-refractivity contribution < 1.29 is 9.47 Å². The van der Waals surface area contributed by atoms with Crippen molar-refractivity contribution in [3.05, 3.63) is 22.7 Å². The molecule has 1 aromatic rings. The maximum absolute atomic E-state index is 6.54. The molecule has 0 aromatic heterocycles. The number of benzene rings is 1. The fourth-order valence-electron chi connectivity index (χ4n) is 2.78. The average molecular weight is 303 g/mol. The van der Waals surface area contributed by atoms with Crippen molar-refractivity contribution in [3.8, 4) is 11.5 Å². The summed E-state index contributed by atoms with van der Waals surface area (Å²) in [6.07, 6.45) is 6.21. The fourth-order valence-corrected chi connectivity index (χ4v) is 3.55. The van der Waals surface area contributed by atoms with E-state index in [4.69, 9.17) is 32.7 Å². The van der Waals surface area contributed by atoms with Crippen LogP contribution >= 0.6 is 23.2 Å². The molecule has 19 heavy (non-hydrogen) atoms. The maximum Gasteiger partial charge on any atom is 0.162 e. The van der Waals surface area contributed by atoms with Gasteiger partial charge < -0.3 is 9.47 Å². The molecule has 1 aliphatic carbocycles. The monoisotopic (exact) mass is 302 g/mol. The number of hydrogen-bond acceptors (Lipinski definition) is 2. The lowest BCUT2D eigenvalue weighted by Gasteiger charge is -2.18. The molecule has 0 aliphatic heterocycles. The minimum atomic E-state index is -0.0598. The van der Waals surface area contributed by atoms with E-state index in [1.54, 1.807) is 20.3 Å². The maximum atomic E-state index is 6.54. The van der Waals surface area contributed by atoms with Gasteiger partial charge in [0.05, 0.1) is 19.6 Å². The molecule has 106 valence electrons. The van der Waals surface area contributed by atoms with E-state index in [-0.39, 0.29) is 5.38 Å². The first-order chi connectivity index (χ1) is 9.15. The Bertz CT molecular complexity index is 428. The highest BCUT2D eigenvalue weighted by Crippen LogP contribution is 2.42. The van der Waals surface area contributed by atoms with Gasteiger partial charge in [-0.3, -0.25) is 0 Å². The van der Waals surface area contributed by atoms with Gasteiger partial charge in [0, 0.05) is 11.1 Å². The predicted molar refractivity (Wildman–Crippen MR) is 79.7 cm³/mol. The van der Waals surface area contributed by atoms with E-state index in [0.717, 1.165) is 17.9 Å². The van der Waals surface area contributed by atoms with Crippen LogP contribution < -0.4 is 9.47 Å². The Morgan fingerprint density at radius 2 is 1.74 bits per heavy atom. The number of methoxy groups -OCH3 is 2. The van der Waals surface area contributed by atoms with Gasteiger partial charge in [0.25, 0.3) is 0 Å². The highest BCUT2D eigenvalue weighted by atomic mass is 35.5. The van der Waals surface area contributed by atoms with Gasteiger partial charge in [-0.05, 0) is 24.0 Å². The number of alkyl halides is 1. The summed E-state index contributed by atoms with van der Waals surface area (Å²) in [5.74, 6) is 2.05. The van der Waals surface area contributed by atoms with Crippen molar-refractivity contribution in [2.24, 2.45) is 5.92 Å². The average Bonchev–Trinajstić information content (AvgIpc) is 2.90. The molecule has 2 nitrogen and oxygen atoms in total. The Kier molecular flexibility index (Phi) is 5.23. The minimum Gasteiger partial charge on any atom is -0.493 e. The van der Waals surface area contributed by atoms with Crippen LogP contribution in [0.1, 0.15) is 43.0 Å². The van der Waals surface area contributed by atoms with Crippen LogP contribution in [0.15, 0.2) is 12.1 Å². The van der Waals surface area contributed by atoms with Crippen LogP contribution in [0, 0.1) is 5.92 Å². The van der Waals surface area contributed by atoms with Crippen molar-refractivity contribution in [1.82, 2.24) is 0 Å². The van der Waals surface area contributed by atoms with Gasteiger partial charge in [-0.2, -0.15) is 0 Å². The Balaban J connectivity index is 2.17. The molecule has 0 saturated heterocycles. The molecular weight excluding hydrogens is 283 g/mol. The molecule has 0 spiro atoms. The first-order valence-electron chi connectivity index (χ1n) is 6.71. The van der Waals surface area contributed by atoms with E-state index < -0.39 is 0 Å². The molecule has 1 unspecified atom stereocenters. The SMILES string of the molecule is COc1cc(Cl)c(C(Cl)CC2CCCC2)cc1OC. The van der Waals surface area contributed by atoms with Crippen LogP contribution in [0.3, 0.4) is 0 Å². The van der Waals surface area contributed by atoms with Crippen molar-refractivity contribution in [2.45, 2.75) is 37.5 Å². The lowest BCUT2D eigenvalue weighted by Crippen LogP contribution is -2.01. The lowest BCUT2D eigenvalue weighted by atomic mass is 9.97. The second-order valence-corrected chi connectivity index (χ2v) is 6.02. The van der Waals surface area contributed by atoms with Gasteiger partial charge in [0.15, 0.2) is 11.5 Å². The Hall–Kier alpha value is -0.600. The van der Waals surface area contributed by atoms with Gasteiger partial charge in [0.2, 0.25) is 0 Å². The van der Waals surface area contributed by atoms with Crippen LogP contribution in [0.4, 0.5) is 0 Å². The van der Waals surface area contributed by atoms with E-state index in [1.807, 2.05) is 6.07 Å². The summed E-state index contributed by atoms with van der Waals surface area (Å²) in [6.45, 7) is 0. The van der Waals surface area contributed by atoms with Crippen LogP contribution in [0.2, 0.25) is 5.02 Å². The number of rotatable bonds is 5. The highest BCUT2D eigenvalue weighted by molar-refractivity contribution is 6.33. The van der Waals surface area contributed by atoms with E-state index in [9.17, 15) is 0 Å². The zero-order valence-corrected chi connectivity index (χ0v) is 12.9. The topological polar surface area (TPSA) is 18.5 Å². The lowest BCUT2D eigenvalue weighted by molar-refractivity contribution is 0.354. The third-order valence-electron chi connectivity index (χ3n) is 3.86. The quantitative estimate of drug-likeness (QED) is 0.694. The Morgan fingerprint density at radius 1 is 1.16 bits per heavy atom. The fraction of sp³-hybridized carbons (Fsp3) is 0.600. The summed E-state index contributed by atoms with van der Waals surface area (Å²) in [4.78, 5) is 0. The van der Waals surface area contributed by atoms with Crippen LogP contribution in [-0.4, -0.2) is 14.2 Å². The zero-order valence-electron chi connectivity index (χ0n) is 11.4. The van der Waals surface area contributed by atoms with Gasteiger partial charge in [-0.1, -0.05) is 37.3 Å². The molecule has 1 atom stereocenters. The van der Waals surface area contributed by atoms with Crippen molar-refractivity contribution in [1.29, 1.82) is 0 Å². The molecule has 1 saturated carbocycles. The molecule has 1 aromatic carbocycles. The van der Waals surface area contributed by atoms with Crippen molar-refractivity contribution >= 4 is 23.2 Å². The van der Waals surface area contributed by atoms with Crippen LogP contribution in [-0.2, 0) is 0 Å². The van der Waals surface area contributed by atoms with Crippen LogP contribution in [0.5, 0.6) is 11.5 Å². The number of halogens is 2. The normalized spacial score (nSPS) is 17.5. The Labute approximate surface area is 125 Å². The van der Waals surface area contributed by atoms with E-state index in [2.05, 4.69) is 0 Å². The third kappa shape index (κ3) is 3.49. The molecule has 0 heterocycles. The smallest absolute Gasteiger partial charge is 0.162 e. The Morgan fingerprint density at radius 3 is 2.32 bits per heavy atom. The summed E-state index contributed by atoms with van der Waals surface area (Å²) in [5.41, 5.74) is 0.938. The molecule has 0 radical (unpaired) electrons. The largest absolute Gasteiger partial charge is 0.493 e. The van der Waals surface area contributed by atoms with Gasteiger partial charge in [-0.25, -0.2) is 0 Å². The standard InChI is InChI=1S/C15H20Cl2O2/c1-18-14-8-11(13(17)9-15(14)19-2)12(16)7-10-5-3-4-6-10/h8-10,12H,3-7H2,1-2H3. The van der Waals surface area contributed by atoms with Crippen molar-refractivity contribution in [2.75, 3.05) is 14.2 Å². The second kappa shape index (κ2) is 6.71. The van der Waals surface area contributed by atoms with Crippen molar-refractivity contribution in [3.63, 3.8) is 0 Å². The summed E-state index contributed by atoms with van der Waals surface area (Å²) in [5, 5.41) is 0.589. The molecular formula is C15H20Cl2O2. The molecule has 2 rings (SSSR count). The summed E-state index contributed by atoms with van der Waals surface area (Å²) in [7, 11) is 3.22. The molecule has 1 fully saturated rings. The second-order valence-electron chi connectivity index (χ2n) is 5.08. The van der Waals surface area contributed by atoms with E-state index in [0.29, 0.717) is 16.5 Å². The van der Waals surface area contributed by atoms with E-state index in [1.165, 1.54) is 25.7 Å². The molecule has 1 aliphatic rings. The third-order valence-corrected chi connectivity index (χ3v) is 4.60. The van der Waals surface area contributed by atoms with Crippen LogP contribution in [0.25, 0.3) is 0 Å². The molecule has 0 N–H and O–H groups in total. The summed E-state index contributed by atoms with van der Waals surface area (Å²) in [6, 6.07) is 3.67. The number of ether oxygens (including phenoxy) is 2. The summed E-state index contributed by atoms with van der Waals surface area (Å²) < 4.78 is 10.5. The summed E-state index contributed by atoms with van der Waals surface area (Å²) >= 11 is 12.8. The van der Waals surface area contributed by atoms with Gasteiger partial charge in [-0.15, -0.1) is 11.6 Å². The first kappa shape index (κ1) is 14.8. The molecule has 0 bridgehead atoms. The predicted octanol–water partition coefficient (Wildman–Crippen LogP) is 5.22. The first-order valence-corrected chi connectivity index (χ1v) is 7.52. The molecule has 0 amide bonds.